The first-order valence-electron chi connectivity index (χ1n) is 10.3. The van der Waals surface area contributed by atoms with Crippen LogP contribution < -0.4 is 4.90 Å². The number of hydrogen-bond donors (Lipinski definition) is 0. The van der Waals surface area contributed by atoms with Gasteiger partial charge in [-0.2, -0.15) is 0 Å². The monoisotopic (exact) mass is 376 g/mol. The quantitative estimate of drug-likeness (QED) is 0.743. The van der Waals surface area contributed by atoms with Gasteiger partial charge in [0.2, 0.25) is 11.8 Å². The molecule has 0 spiro atoms. The smallest absolute Gasteiger partial charge is 0.242 e. The lowest BCUT2D eigenvalue weighted by Gasteiger charge is -2.35. The van der Waals surface area contributed by atoms with E-state index >= 15 is 0 Å². The molecule has 1 heterocycles. The second-order valence-corrected chi connectivity index (χ2v) is 8.21. The van der Waals surface area contributed by atoms with Crippen molar-refractivity contribution in [1.29, 1.82) is 0 Å². The SMILES string of the molecule is CN(C(=O)C1(C(=O)N2CCC(Cc3ccccc3)CC2)CC1)c1ccccc1. The van der Waals surface area contributed by atoms with E-state index in [4.69, 9.17) is 0 Å². The van der Waals surface area contributed by atoms with Crippen molar-refractivity contribution in [2.45, 2.75) is 32.1 Å². The van der Waals surface area contributed by atoms with Gasteiger partial charge in [-0.3, -0.25) is 9.59 Å². The van der Waals surface area contributed by atoms with Crippen molar-refractivity contribution in [2.75, 3.05) is 25.0 Å². The lowest BCUT2D eigenvalue weighted by Crippen LogP contribution is -2.48. The van der Waals surface area contributed by atoms with Gasteiger partial charge >= 0.3 is 0 Å². The first-order valence-corrected chi connectivity index (χ1v) is 10.3. The van der Waals surface area contributed by atoms with Crippen LogP contribution in [0, 0.1) is 11.3 Å². The molecule has 4 rings (SSSR count). The molecule has 2 aliphatic rings. The summed E-state index contributed by atoms with van der Waals surface area (Å²) in [5, 5.41) is 0. The molecular formula is C24H28N2O2. The van der Waals surface area contributed by atoms with Gasteiger partial charge in [-0.1, -0.05) is 48.5 Å². The Morgan fingerprint density at radius 2 is 1.54 bits per heavy atom. The molecule has 0 atom stereocenters. The second-order valence-electron chi connectivity index (χ2n) is 8.21. The predicted molar refractivity (Wildman–Crippen MR) is 111 cm³/mol. The Kier molecular flexibility index (Phi) is 5.21. The fourth-order valence-electron chi connectivity index (χ4n) is 4.32. The van der Waals surface area contributed by atoms with E-state index in [2.05, 4.69) is 24.3 Å². The summed E-state index contributed by atoms with van der Waals surface area (Å²) in [5.74, 6) is 0.595. The molecule has 0 bridgehead atoms. The average Bonchev–Trinajstić information content (AvgIpc) is 3.56. The molecule has 2 aromatic carbocycles. The Bertz CT molecular complexity index is 822. The summed E-state index contributed by atoms with van der Waals surface area (Å²) in [7, 11) is 1.77. The third-order valence-corrected chi connectivity index (χ3v) is 6.29. The Morgan fingerprint density at radius 3 is 2.11 bits per heavy atom. The van der Waals surface area contributed by atoms with Crippen LogP contribution in [0.15, 0.2) is 60.7 Å². The first-order chi connectivity index (χ1) is 13.6. The minimum atomic E-state index is -0.823. The second kappa shape index (κ2) is 7.78. The third kappa shape index (κ3) is 3.68. The van der Waals surface area contributed by atoms with Crippen molar-refractivity contribution in [2.24, 2.45) is 11.3 Å². The van der Waals surface area contributed by atoms with Crippen LogP contribution in [0.2, 0.25) is 0 Å². The highest BCUT2D eigenvalue weighted by Crippen LogP contribution is 2.49. The van der Waals surface area contributed by atoms with Crippen LogP contribution >= 0.6 is 0 Å². The van der Waals surface area contributed by atoms with E-state index in [-0.39, 0.29) is 11.8 Å². The largest absolute Gasteiger partial charge is 0.342 e. The summed E-state index contributed by atoms with van der Waals surface area (Å²) < 4.78 is 0. The molecule has 1 saturated carbocycles. The van der Waals surface area contributed by atoms with Gasteiger partial charge < -0.3 is 9.80 Å². The summed E-state index contributed by atoms with van der Waals surface area (Å²) in [6.07, 6.45) is 4.44. The minimum Gasteiger partial charge on any atom is -0.342 e. The third-order valence-electron chi connectivity index (χ3n) is 6.29. The van der Waals surface area contributed by atoms with Crippen LogP contribution in [0.4, 0.5) is 5.69 Å². The number of amides is 2. The van der Waals surface area contributed by atoms with Gasteiger partial charge in [0.15, 0.2) is 0 Å². The number of nitrogens with zero attached hydrogens (tertiary/aromatic N) is 2. The molecule has 1 aliphatic heterocycles. The molecule has 2 aromatic rings. The molecular weight excluding hydrogens is 348 g/mol. The molecule has 0 unspecified atom stereocenters. The number of carbonyl (C=O) groups excluding carboxylic acids is 2. The fraction of sp³-hybridized carbons (Fsp3) is 0.417. The molecule has 4 heteroatoms. The lowest BCUT2D eigenvalue weighted by molar-refractivity contribution is -0.144. The molecule has 28 heavy (non-hydrogen) atoms. The van der Waals surface area contributed by atoms with E-state index in [0.717, 1.165) is 38.0 Å². The number of hydrogen-bond acceptors (Lipinski definition) is 2. The van der Waals surface area contributed by atoms with Crippen LogP contribution in [0.5, 0.6) is 0 Å². The Hall–Kier alpha value is -2.62. The highest BCUT2D eigenvalue weighted by molar-refractivity contribution is 6.13. The minimum absolute atomic E-state index is 0.0402. The zero-order valence-electron chi connectivity index (χ0n) is 16.5. The van der Waals surface area contributed by atoms with E-state index in [1.54, 1.807) is 11.9 Å². The van der Waals surface area contributed by atoms with Gasteiger partial charge in [0, 0.05) is 25.8 Å². The topological polar surface area (TPSA) is 40.6 Å². The first kappa shape index (κ1) is 18.7. The zero-order chi connectivity index (χ0) is 19.6. The van der Waals surface area contributed by atoms with Crippen molar-refractivity contribution in [3.05, 3.63) is 66.2 Å². The maximum absolute atomic E-state index is 13.2. The van der Waals surface area contributed by atoms with Crippen molar-refractivity contribution in [3.8, 4) is 0 Å². The highest BCUT2D eigenvalue weighted by atomic mass is 16.2. The van der Waals surface area contributed by atoms with E-state index in [1.807, 2.05) is 41.3 Å². The lowest BCUT2D eigenvalue weighted by atomic mass is 9.89. The average molecular weight is 377 g/mol. The zero-order valence-corrected chi connectivity index (χ0v) is 16.5. The number of benzene rings is 2. The van der Waals surface area contributed by atoms with Crippen molar-refractivity contribution < 1.29 is 9.59 Å². The normalized spacial score (nSPS) is 18.5. The molecule has 0 radical (unpaired) electrons. The molecule has 0 aromatic heterocycles. The molecule has 2 amide bonds. The highest BCUT2D eigenvalue weighted by Gasteiger charge is 2.59. The molecule has 146 valence electrons. The van der Waals surface area contributed by atoms with Crippen LogP contribution in [0.3, 0.4) is 0 Å². The Morgan fingerprint density at radius 1 is 0.964 bits per heavy atom. The number of piperidine rings is 1. The van der Waals surface area contributed by atoms with Crippen LogP contribution in [-0.2, 0) is 16.0 Å². The fourth-order valence-corrected chi connectivity index (χ4v) is 4.32. The van der Waals surface area contributed by atoms with E-state index in [0.29, 0.717) is 18.8 Å². The number of likely N-dealkylation sites (tertiary alicyclic amines) is 1. The van der Waals surface area contributed by atoms with Crippen LogP contribution in [0.1, 0.15) is 31.2 Å². The predicted octanol–water partition coefficient (Wildman–Crippen LogP) is 3.91. The van der Waals surface area contributed by atoms with Crippen molar-refractivity contribution in [1.82, 2.24) is 4.90 Å². The molecule has 2 fully saturated rings. The molecule has 4 nitrogen and oxygen atoms in total. The summed E-state index contributed by atoms with van der Waals surface area (Å²) in [4.78, 5) is 29.9. The summed E-state index contributed by atoms with van der Waals surface area (Å²) in [6, 6.07) is 20.1. The van der Waals surface area contributed by atoms with Crippen molar-refractivity contribution in [3.63, 3.8) is 0 Å². The van der Waals surface area contributed by atoms with Gasteiger partial charge in [0.25, 0.3) is 0 Å². The summed E-state index contributed by atoms with van der Waals surface area (Å²) in [5.41, 5.74) is 1.38. The van der Waals surface area contributed by atoms with Crippen molar-refractivity contribution >= 4 is 17.5 Å². The number of rotatable bonds is 5. The number of para-hydroxylation sites is 1. The van der Waals surface area contributed by atoms with E-state index < -0.39 is 5.41 Å². The molecule has 0 N–H and O–H groups in total. The Balaban J connectivity index is 1.36. The summed E-state index contributed by atoms with van der Waals surface area (Å²) >= 11 is 0. The maximum atomic E-state index is 13.2. The van der Waals surface area contributed by atoms with E-state index in [1.165, 1.54) is 5.56 Å². The number of anilines is 1. The van der Waals surface area contributed by atoms with E-state index in [9.17, 15) is 9.59 Å². The maximum Gasteiger partial charge on any atom is 0.242 e. The molecule has 1 aliphatic carbocycles. The standard InChI is InChI=1S/C24H28N2O2/c1-25(21-10-6-3-7-11-21)22(27)24(14-15-24)23(28)26-16-12-20(13-17-26)18-19-8-4-2-5-9-19/h2-11,20H,12-18H2,1H3. The van der Waals surface area contributed by atoms with Crippen LogP contribution in [-0.4, -0.2) is 36.9 Å². The van der Waals surface area contributed by atoms with Gasteiger partial charge in [0.05, 0.1) is 0 Å². The number of carbonyl (C=O) groups is 2. The van der Waals surface area contributed by atoms with Gasteiger partial charge in [-0.05, 0) is 55.7 Å². The van der Waals surface area contributed by atoms with Gasteiger partial charge in [0.1, 0.15) is 5.41 Å². The van der Waals surface area contributed by atoms with Crippen LogP contribution in [0.25, 0.3) is 0 Å². The summed E-state index contributed by atoms with van der Waals surface area (Å²) in [6.45, 7) is 1.53. The van der Waals surface area contributed by atoms with Gasteiger partial charge in [-0.25, -0.2) is 0 Å². The Labute approximate surface area is 167 Å². The van der Waals surface area contributed by atoms with Gasteiger partial charge in [-0.15, -0.1) is 0 Å². The molecule has 1 saturated heterocycles.